The van der Waals surface area contributed by atoms with E-state index in [0.29, 0.717) is 18.0 Å². The first kappa shape index (κ1) is 16.6. The molecule has 0 radical (unpaired) electrons. The highest BCUT2D eigenvalue weighted by Gasteiger charge is 2.24. The summed E-state index contributed by atoms with van der Waals surface area (Å²) in [6.45, 7) is 6.05. The van der Waals surface area contributed by atoms with Crippen LogP contribution in [0.3, 0.4) is 0 Å². The maximum Gasteiger partial charge on any atom is 0.263 e. The van der Waals surface area contributed by atoms with Gasteiger partial charge in [0.15, 0.2) is 0 Å². The Balaban J connectivity index is 1.83. The number of amides is 1. The minimum atomic E-state index is -0.126. The average molecular weight is 335 g/mol. The number of aromatic nitrogens is 1. The second-order valence-electron chi connectivity index (χ2n) is 6.45. The summed E-state index contributed by atoms with van der Waals surface area (Å²) in [6.07, 6.45) is 4.14. The Hall–Kier alpha value is -1.27. The molecule has 2 aliphatic rings. The second-order valence-corrected chi connectivity index (χ2v) is 7.67. The third kappa shape index (κ3) is 3.80. The largest absolute Gasteiger partial charge is 0.337 e. The van der Waals surface area contributed by atoms with Gasteiger partial charge in [-0.05, 0) is 50.4 Å². The minimum Gasteiger partial charge on any atom is -0.337 e. The molecule has 1 unspecified atom stereocenters. The van der Waals surface area contributed by atoms with Gasteiger partial charge in [0.05, 0.1) is 0 Å². The third-order valence-electron chi connectivity index (χ3n) is 4.74. The SMILES string of the molecule is Cc1ccn(CC2CCCNC2)c(=O)c1C(=O)N1CCSCC1. The first-order valence-corrected chi connectivity index (χ1v) is 9.60. The number of hydrogen-bond donors (Lipinski definition) is 1. The van der Waals surface area contributed by atoms with Gasteiger partial charge in [0.2, 0.25) is 0 Å². The molecule has 2 fully saturated rings. The molecule has 0 aliphatic carbocycles. The van der Waals surface area contributed by atoms with E-state index in [0.717, 1.165) is 56.1 Å². The summed E-state index contributed by atoms with van der Waals surface area (Å²) in [6, 6.07) is 1.91. The Kier molecular flexibility index (Phi) is 5.43. The highest BCUT2D eigenvalue weighted by atomic mass is 32.2. The van der Waals surface area contributed by atoms with E-state index in [4.69, 9.17) is 0 Å². The number of carbonyl (C=O) groups is 1. The van der Waals surface area contributed by atoms with Crippen LogP contribution >= 0.6 is 11.8 Å². The Labute approximate surface area is 141 Å². The normalized spacial score (nSPS) is 22.1. The highest BCUT2D eigenvalue weighted by Crippen LogP contribution is 2.15. The van der Waals surface area contributed by atoms with Gasteiger partial charge in [-0.2, -0.15) is 11.8 Å². The van der Waals surface area contributed by atoms with Crippen LogP contribution in [-0.2, 0) is 6.54 Å². The van der Waals surface area contributed by atoms with Crippen molar-refractivity contribution in [1.29, 1.82) is 0 Å². The molecule has 3 rings (SSSR count). The monoisotopic (exact) mass is 335 g/mol. The van der Waals surface area contributed by atoms with E-state index in [-0.39, 0.29) is 11.5 Å². The molecule has 23 heavy (non-hydrogen) atoms. The van der Waals surface area contributed by atoms with Crippen molar-refractivity contribution >= 4 is 17.7 Å². The van der Waals surface area contributed by atoms with Crippen molar-refractivity contribution in [3.63, 3.8) is 0 Å². The van der Waals surface area contributed by atoms with Crippen molar-refractivity contribution in [3.8, 4) is 0 Å². The quantitative estimate of drug-likeness (QED) is 0.906. The lowest BCUT2D eigenvalue weighted by atomic mass is 9.99. The third-order valence-corrected chi connectivity index (χ3v) is 5.68. The fraction of sp³-hybridized carbons (Fsp3) is 0.647. The predicted octanol–water partition coefficient (Wildman–Crippen LogP) is 1.35. The molecular weight excluding hydrogens is 310 g/mol. The summed E-state index contributed by atoms with van der Waals surface area (Å²) < 4.78 is 1.73. The van der Waals surface area contributed by atoms with Crippen molar-refractivity contribution in [1.82, 2.24) is 14.8 Å². The summed E-state index contributed by atoms with van der Waals surface area (Å²) >= 11 is 1.86. The number of nitrogens with one attached hydrogen (secondary N) is 1. The first-order valence-electron chi connectivity index (χ1n) is 8.44. The Bertz CT molecular complexity index is 617. The van der Waals surface area contributed by atoms with E-state index in [1.165, 1.54) is 0 Å². The number of piperidine rings is 1. The number of aryl methyl sites for hydroxylation is 1. The zero-order chi connectivity index (χ0) is 16.2. The van der Waals surface area contributed by atoms with Crippen LogP contribution in [0, 0.1) is 12.8 Å². The van der Waals surface area contributed by atoms with Gasteiger partial charge in [0.1, 0.15) is 5.56 Å². The lowest BCUT2D eigenvalue weighted by Crippen LogP contribution is -2.42. The van der Waals surface area contributed by atoms with Gasteiger partial charge in [0.25, 0.3) is 11.5 Å². The van der Waals surface area contributed by atoms with E-state index in [1.807, 2.05) is 35.8 Å². The zero-order valence-corrected chi connectivity index (χ0v) is 14.5. The van der Waals surface area contributed by atoms with E-state index in [2.05, 4.69) is 5.32 Å². The molecule has 0 spiro atoms. The molecule has 126 valence electrons. The lowest BCUT2D eigenvalue weighted by Gasteiger charge is -2.27. The summed E-state index contributed by atoms with van der Waals surface area (Å²) in [5.74, 6) is 2.29. The highest BCUT2D eigenvalue weighted by molar-refractivity contribution is 7.99. The van der Waals surface area contributed by atoms with Gasteiger partial charge >= 0.3 is 0 Å². The van der Waals surface area contributed by atoms with Gasteiger partial charge in [-0.1, -0.05) is 0 Å². The van der Waals surface area contributed by atoms with Crippen molar-refractivity contribution in [2.24, 2.45) is 5.92 Å². The van der Waals surface area contributed by atoms with Crippen molar-refractivity contribution in [2.45, 2.75) is 26.3 Å². The number of pyridine rings is 1. The molecule has 2 saturated heterocycles. The van der Waals surface area contributed by atoms with Crippen LogP contribution in [0.15, 0.2) is 17.1 Å². The molecule has 2 aliphatic heterocycles. The summed E-state index contributed by atoms with van der Waals surface area (Å²) in [4.78, 5) is 27.4. The molecule has 6 heteroatoms. The van der Waals surface area contributed by atoms with Crippen LogP contribution in [0.1, 0.15) is 28.8 Å². The van der Waals surface area contributed by atoms with E-state index in [9.17, 15) is 9.59 Å². The standard InChI is InChI=1S/C17H25N3O2S/c1-13-4-6-20(12-14-3-2-5-18-11-14)17(22)15(13)16(21)19-7-9-23-10-8-19/h4,6,14,18H,2-3,5,7-12H2,1H3. The van der Waals surface area contributed by atoms with Gasteiger partial charge in [-0.3, -0.25) is 9.59 Å². The fourth-order valence-electron chi connectivity index (χ4n) is 3.35. The molecule has 1 atom stereocenters. The second kappa shape index (κ2) is 7.53. The fourth-order valence-corrected chi connectivity index (χ4v) is 4.25. The first-order chi connectivity index (χ1) is 11.2. The molecule has 1 aromatic rings. The minimum absolute atomic E-state index is 0.0936. The predicted molar refractivity (Wildman–Crippen MR) is 94.3 cm³/mol. The summed E-state index contributed by atoms with van der Waals surface area (Å²) in [5.41, 5.74) is 1.03. The number of carbonyl (C=O) groups excluding carboxylic acids is 1. The number of thioether (sulfide) groups is 1. The van der Waals surface area contributed by atoms with Gasteiger partial charge in [-0.25, -0.2) is 0 Å². The van der Waals surface area contributed by atoms with Crippen LogP contribution in [0.25, 0.3) is 0 Å². The number of rotatable bonds is 3. The van der Waals surface area contributed by atoms with Crippen LogP contribution in [0.4, 0.5) is 0 Å². The van der Waals surface area contributed by atoms with E-state index >= 15 is 0 Å². The zero-order valence-electron chi connectivity index (χ0n) is 13.7. The molecule has 5 nitrogen and oxygen atoms in total. The lowest BCUT2D eigenvalue weighted by molar-refractivity contribution is 0.0769. The number of hydrogen-bond acceptors (Lipinski definition) is 4. The van der Waals surface area contributed by atoms with Crippen LogP contribution in [-0.4, -0.2) is 53.1 Å². The van der Waals surface area contributed by atoms with Gasteiger partial charge in [0, 0.05) is 37.3 Å². The van der Waals surface area contributed by atoms with Crippen molar-refractivity contribution in [2.75, 3.05) is 37.7 Å². The van der Waals surface area contributed by atoms with E-state index < -0.39 is 0 Å². The Morgan fingerprint density at radius 1 is 1.39 bits per heavy atom. The number of nitrogens with zero attached hydrogens (tertiary/aromatic N) is 2. The average Bonchev–Trinajstić information content (AvgIpc) is 2.59. The maximum atomic E-state index is 12.8. The summed E-state index contributed by atoms with van der Waals surface area (Å²) in [5, 5.41) is 3.38. The molecular formula is C17H25N3O2S. The maximum absolute atomic E-state index is 12.8. The van der Waals surface area contributed by atoms with Gasteiger partial charge in [-0.15, -0.1) is 0 Å². The van der Waals surface area contributed by atoms with E-state index in [1.54, 1.807) is 4.57 Å². The molecule has 3 heterocycles. The molecule has 0 bridgehead atoms. The molecule has 1 aromatic heterocycles. The summed E-state index contributed by atoms with van der Waals surface area (Å²) in [7, 11) is 0. The van der Waals surface area contributed by atoms with Crippen LogP contribution in [0.5, 0.6) is 0 Å². The topological polar surface area (TPSA) is 54.3 Å². The Morgan fingerprint density at radius 2 is 2.17 bits per heavy atom. The smallest absolute Gasteiger partial charge is 0.263 e. The van der Waals surface area contributed by atoms with Crippen LogP contribution in [0.2, 0.25) is 0 Å². The molecule has 0 saturated carbocycles. The van der Waals surface area contributed by atoms with Gasteiger partial charge < -0.3 is 14.8 Å². The molecule has 1 amide bonds. The molecule has 1 N–H and O–H groups in total. The Morgan fingerprint density at radius 3 is 2.87 bits per heavy atom. The molecule has 0 aromatic carbocycles. The van der Waals surface area contributed by atoms with Crippen LogP contribution < -0.4 is 10.9 Å². The van der Waals surface area contributed by atoms with Crippen molar-refractivity contribution < 1.29 is 4.79 Å². The van der Waals surface area contributed by atoms with Crippen molar-refractivity contribution in [3.05, 3.63) is 33.7 Å².